The maximum Gasteiger partial charge on any atom is 0.206 e. The van der Waals surface area contributed by atoms with Crippen LogP contribution in [0.2, 0.25) is 0 Å². The molecule has 0 radical (unpaired) electrons. The minimum atomic E-state index is -0.843. The molecule has 1 heterocycles. The zero-order valence-corrected chi connectivity index (χ0v) is 8.52. The highest BCUT2D eigenvalue weighted by Crippen LogP contribution is 2.09. The Morgan fingerprint density at radius 3 is 2.77 bits per heavy atom. The zero-order valence-electron chi connectivity index (χ0n) is 7.01. The molecular weight excluding hydrogens is 213 g/mol. The Labute approximate surface area is 86.0 Å². The summed E-state index contributed by atoms with van der Waals surface area (Å²) in [5, 5.41) is -0.843. The Kier molecular flexibility index (Phi) is 3.78. The summed E-state index contributed by atoms with van der Waals surface area (Å²) in [6.07, 6.45) is 0. The molecule has 1 N–H and O–H groups in total. The number of hydrogen-bond donors (Lipinski definition) is 1. The van der Waals surface area contributed by atoms with Crippen LogP contribution in [-0.2, 0) is 11.3 Å². The standard InChI is InChI=1S/C8H9Cl2NO2/c1-5(12)7-3-2-6(11-7)4-13-8(9)10/h2-3,8,11H,4H2,1H3. The molecule has 0 unspecified atom stereocenters. The van der Waals surface area contributed by atoms with Crippen LogP contribution in [0.15, 0.2) is 12.1 Å². The number of Topliss-reactive ketones (excluding diaryl/α,β-unsaturated/α-hetero) is 1. The van der Waals surface area contributed by atoms with Crippen molar-refractivity contribution in [2.75, 3.05) is 0 Å². The molecule has 1 rings (SSSR count). The van der Waals surface area contributed by atoms with E-state index >= 15 is 0 Å². The second-order valence-electron chi connectivity index (χ2n) is 2.53. The number of carbonyl (C=O) groups excluding carboxylic acids is 1. The predicted octanol–water partition coefficient (Wildman–Crippen LogP) is 2.50. The van der Waals surface area contributed by atoms with Gasteiger partial charge in [-0.1, -0.05) is 23.2 Å². The van der Waals surface area contributed by atoms with E-state index in [1.54, 1.807) is 12.1 Å². The number of carbonyl (C=O) groups is 1. The fourth-order valence-corrected chi connectivity index (χ4v) is 1.01. The third-order valence-electron chi connectivity index (χ3n) is 1.49. The van der Waals surface area contributed by atoms with Crippen molar-refractivity contribution in [3.63, 3.8) is 0 Å². The average Bonchev–Trinajstić information content (AvgIpc) is 2.48. The van der Waals surface area contributed by atoms with Gasteiger partial charge in [-0.05, 0) is 12.1 Å². The number of rotatable bonds is 4. The third-order valence-corrected chi connectivity index (χ3v) is 1.74. The van der Waals surface area contributed by atoms with Crippen LogP contribution in [0.3, 0.4) is 0 Å². The highest BCUT2D eigenvalue weighted by molar-refractivity contribution is 6.43. The van der Waals surface area contributed by atoms with Gasteiger partial charge < -0.3 is 9.72 Å². The van der Waals surface area contributed by atoms with Crippen molar-refractivity contribution in [3.05, 3.63) is 23.5 Å². The lowest BCUT2D eigenvalue weighted by Crippen LogP contribution is -1.98. The summed E-state index contributed by atoms with van der Waals surface area (Å²) in [5.41, 5.74) is 1.33. The van der Waals surface area contributed by atoms with E-state index in [0.29, 0.717) is 5.69 Å². The van der Waals surface area contributed by atoms with Crippen LogP contribution in [0.25, 0.3) is 0 Å². The average molecular weight is 222 g/mol. The summed E-state index contributed by atoms with van der Waals surface area (Å²) < 4.78 is 4.91. The van der Waals surface area contributed by atoms with Crippen LogP contribution >= 0.6 is 23.2 Å². The van der Waals surface area contributed by atoms with E-state index in [1.165, 1.54) is 6.92 Å². The van der Waals surface area contributed by atoms with Gasteiger partial charge in [0.1, 0.15) is 0 Å². The topological polar surface area (TPSA) is 42.1 Å². The van der Waals surface area contributed by atoms with E-state index < -0.39 is 5.02 Å². The number of H-pyrrole nitrogens is 1. The monoisotopic (exact) mass is 221 g/mol. The summed E-state index contributed by atoms with van der Waals surface area (Å²) in [6, 6.07) is 3.45. The molecule has 1 aromatic rings. The molecule has 0 spiro atoms. The molecule has 0 aliphatic carbocycles. The highest BCUT2D eigenvalue weighted by Gasteiger charge is 2.04. The van der Waals surface area contributed by atoms with Crippen LogP contribution in [0.4, 0.5) is 0 Å². The van der Waals surface area contributed by atoms with Crippen LogP contribution in [-0.4, -0.2) is 15.8 Å². The van der Waals surface area contributed by atoms with Crippen molar-refractivity contribution >= 4 is 29.0 Å². The maximum atomic E-state index is 10.9. The van der Waals surface area contributed by atoms with Crippen molar-refractivity contribution in [2.24, 2.45) is 0 Å². The summed E-state index contributed by atoms with van der Waals surface area (Å²) in [4.78, 5) is 13.7. The quantitative estimate of drug-likeness (QED) is 0.628. The second-order valence-corrected chi connectivity index (χ2v) is 3.54. The second kappa shape index (κ2) is 4.65. The van der Waals surface area contributed by atoms with E-state index in [4.69, 9.17) is 27.9 Å². The van der Waals surface area contributed by atoms with Gasteiger partial charge in [0, 0.05) is 12.6 Å². The number of nitrogens with one attached hydrogen (secondary N) is 1. The highest BCUT2D eigenvalue weighted by atomic mass is 35.5. The summed E-state index contributed by atoms with van der Waals surface area (Å²) in [7, 11) is 0. The van der Waals surface area contributed by atoms with Crippen LogP contribution in [0.5, 0.6) is 0 Å². The van der Waals surface area contributed by atoms with Gasteiger partial charge in [-0.3, -0.25) is 4.79 Å². The summed E-state index contributed by atoms with van der Waals surface area (Å²) in [6.45, 7) is 1.76. The molecule has 13 heavy (non-hydrogen) atoms. The van der Waals surface area contributed by atoms with Gasteiger partial charge in [0.05, 0.1) is 12.3 Å². The fraction of sp³-hybridized carbons (Fsp3) is 0.375. The molecule has 0 fully saturated rings. The van der Waals surface area contributed by atoms with Crippen molar-refractivity contribution in [1.82, 2.24) is 4.98 Å². The smallest absolute Gasteiger partial charge is 0.206 e. The zero-order chi connectivity index (χ0) is 9.84. The van der Waals surface area contributed by atoms with Gasteiger partial charge in [-0.2, -0.15) is 0 Å². The van der Waals surface area contributed by atoms with Gasteiger partial charge in [0.25, 0.3) is 0 Å². The Bertz CT molecular complexity index is 296. The molecule has 0 saturated heterocycles. The molecular formula is C8H9Cl2NO2. The van der Waals surface area contributed by atoms with Crippen LogP contribution in [0.1, 0.15) is 23.1 Å². The van der Waals surface area contributed by atoms with E-state index in [2.05, 4.69) is 4.98 Å². The Balaban J connectivity index is 2.54. The predicted molar refractivity (Wildman–Crippen MR) is 51.1 cm³/mol. The van der Waals surface area contributed by atoms with Gasteiger partial charge in [-0.25, -0.2) is 0 Å². The molecule has 0 bridgehead atoms. The molecule has 0 aromatic carbocycles. The SMILES string of the molecule is CC(=O)c1ccc(COC(Cl)Cl)[nH]1. The molecule has 72 valence electrons. The Morgan fingerprint density at radius 2 is 2.31 bits per heavy atom. The van der Waals surface area contributed by atoms with Gasteiger partial charge in [0.2, 0.25) is 5.02 Å². The van der Waals surface area contributed by atoms with Crippen LogP contribution in [0, 0.1) is 0 Å². The maximum absolute atomic E-state index is 10.9. The number of aromatic nitrogens is 1. The minimum absolute atomic E-state index is 0.0143. The van der Waals surface area contributed by atoms with E-state index in [-0.39, 0.29) is 12.4 Å². The van der Waals surface area contributed by atoms with Gasteiger partial charge in [-0.15, -0.1) is 0 Å². The first kappa shape index (κ1) is 10.6. The number of ketones is 1. The molecule has 5 heteroatoms. The van der Waals surface area contributed by atoms with Gasteiger partial charge in [0.15, 0.2) is 5.78 Å². The number of hydrogen-bond acceptors (Lipinski definition) is 2. The number of halogens is 2. The summed E-state index contributed by atoms with van der Waals surface area (Å²) >= 11 is 10.7. The first-order valence-electron chi connectivity index (χ1n) is 3.68. The van der Waals surface area contributed by atoms with E-state index in [0.717, 1.165) is 5.69 Å². The molecule has 0 amide bonds. The Hall–Kier alpha value is -0.510. The van der Waals surface area contributed by atoms with Crippen molar-refractivity contribution in [3.8, 4) is 0 Å². The lowest BCUT2D eigenvalue weighted by molar-refractivity contribution is 0.101. The van der Waals surface area contributed by atoms with E-state index in [9.17, 15) is 4.79 Å². The fourth-order valence-electron chi connectivity index (χ4n) is 0.883. The number of aromatic amines is 1. The molecule has 0 aliphatic rings. The molecule has 0 aliphatic heterocycles. The molecule has 1 aromatic heterocycles. The molecule has 3 nitrogen and oxygen atoms in total. The number of ether oxygens (including phenoxy) is 1. The Morgan fingerprint density at radius 1 is 1.62 bits per heavy atom. The van der Waals surface area contributed by atoms with Crippen LogP contribution < -0.4 is 0 Å². The lowest BCUT2D eigenvalue weighted by atomic mass is 10.3. The third kappa shape index (κ3) is 3.38. The normalized spacial score (nSPS) is 10.8. The first-order chi connectivity index (χ1) is 6.09. The minimum Gasteiger partial charge on any atom is -0.354 e. The van der Waals surface area contributed by atoms with E-state index in [1.807, 2.05) is 0 Å². The number of alkyl halides is 2. The lowest BCUT2D eigenvalue weighted by Gasteiger charge is -2.01. The summed E-state index contributed by atoms with van der Waals surface area (Å²) in [5.74, 6) is -0.0143. The van der Waals surface area contributed by atoms with Crippen molar-refractivity contribution in [2.45, 2.75) is 18.6 Å². The first-order valence-corrected chi connectivity index (χ1v) is 4.55. The van der Waals surface area contributed by atoms with Gasteiger partial charge >= 0.3 is 0 Å². The van der Waals surface area contributed by atoms with Crippen molar-refractivity contribution in [1.29, 1.82) is 0 Å². The molecule has 0 atom stereocenters. The molecule has 0 saturated carbocycles. The largest absolute Gasteiger partial charge is 0.354 e. The van der Waals surface area contributed by atoms with Crippen molar-refractivity contribution < 1.29 is 9.53 Å².